The Morgan fingerprint density at radius 1 is 1.11 bits per heavy atom. The van der Waals surface area contributed by atoms with Crippen LogP contribution in [0, 0.1) is 27.9 Å². The zero-order valence-electron chi connectivity index (χ0n) is 20.4. The minimum Gasteiger partial charge on any atom is -0.494 e. The van der Waals surface area contributed by atoms with Crippen LogP contribution < -0.4 is 10.1 Å². The van der Waals surface area contributed by atoms with E-state index in [-0.39, 0.29) is 22.7 Å². The predicted octanol–water partition coefficient (Wildman–Crippen LogP) is 5.90. The molecule has 4 fully saturated rings. The van der Waals surface area contributed by atoms with Gasteiger partial charge in [-0.15, -0.1) is 0 Å². The van der Waals surface area contributed by atoms with Crippen molar-refractivity contribution in [2.45, 2.75) is 50.9 Å². The average molecular weight is 487 g/mol. The molecule has 1 heterocycles. The fraction of sp³-hybridized carbons (Fsp3) is 0.429. The highest BCUT2D eigenvalue weighted by Gasteiger charge is 2.54. The van der Waals surface area contributed by atoms with Gasteiger partial charge in [-0.1, -0.05) is 18.2 Å². The summed E-state index contributed by atoms with van der Waals surface area (Å²) in [4.78, 5) is 25.0. The van der Waals surface area contributed by atoms with Gasteiger partial charge in [0.05, 0.1) is 34.5 Å². The van der Waals surface area contributed by atoms with Crippen molar-refractivity contribution in [3.05, 3.63) is 76.1 Å². The van der Waals surface area contributed by atoms with Crippen molar-refractivity contribution in [1.29, 1.82) is 0 Å². The summed E-state index contributed by atoms with van der Waals surface area (Å²) in [6.07, 6.45) is 8.85. The fourth-order valence-corrected chi connectivity index (χ4v) is 7.26. The van der Waals surface area contributed by atoms with Crippen LogP contribution in [0.1, 0.15) is 61.5 Å². The average Bonchev–Trinajstić information content (AvgIpc) is 3.32. The third-order valence-electron chi connectivity index (χ3n) is 8.25. The second kappa shape index (κ2) is 8.76. The van der Waals surface area contributed by atoms with Gasteiger partial charge >= 0.3 is 0 Å². The molecule has 0 spiro atoms. The first-order chi connectivity index (χ1) is 17.4. The van der Waals surface area contributed by atoms with E-state index >= 15 is 0 Å². The number of hydrogen-bond acceptors (Lipinski definition) is 5. The first kappa shape index (κ1) is 22.8. The van der Waals surface area contributed by atoms with Crippen LogP contribution in [0.4, 0.5) is 11.4 Å². The fourth-order valence-electron chi connectivity index (χ4n) is 7.26. The molecule has 4 bridgehead atoms. The number of rotatable bonds is 7. The van der Waals surface area contributed by atoms with Crippen molar-refractivity contribution in [3.8, 4) is 11.4 Å². The van der Waals surface area contributed by atoms with Crippen LogP contribution in [0.2, 0.25) is 0 Å². The molecule has 4 aliphatic carbocycles. The van der Waals surface area contributed by atoms with Crippen molar-refractivity contribution in [1.82, 2.24) is 9.78 Å². The number of aromatic nitrogens is 2. The highest BCUT2D eigenvalue weighted by Crippen LogP contribution is 2.61. The van der Waals surface area contributed by atoms with E-state index in [1.54, 1.807) is 16.9 Å². The number of ether oxygens (including phenoxy) is 1. The normalized spacial score (nSPS) is 26.1. The highest BCUT2D eigenvalue weighted by atomic mass is 16.6. The van der Waals surface area contributed by atoms with Gasteiger partial charge in [0.2, 0.25) is 0 Å². The van der Waals surface area contributed by atoms with Gasteiger partial charge in [-0.25, -0.2) is 4.68 Å². The monoisotopic (exact) mass is 486 g/mol. The number of nitrogens with zero attached hydrogens (tertiary/aromatic N) is 3. The molecule has 8 nitrogen and oxygen atoms in total. The molecule has 4 saturated carbocycles. The SMILES string of the molecule is CCOc1ccc(NC(=O)c2cn(-c3ccccc3)nc2C23CC4CC(CC(C4)C2)C3)c([N+](=O)[O-])c1. The number of nitro benzene ring substituents is 1. The Bertz CT molecular complexity index is 1280. The predicted molar refractivity (Wildman–Crippen MR) is 136 cm³/mol. The van der Waals surface area contributed by atoms with Crippen molar-refractivity contribution in [2.24, 2.45) is 17.8 Å². The molecule has 3 aromatic rings. The van der Waals surface area contributed by atoms with Crippen LogP contribution in [0.5, 0.6) is 5.75 Å². The lowest BCUT2D eigenvalue weighted by atomic mass is 9.48. The van der Waals surface area contributed by atoms with E-state index in [0.29, 0.717) is 35.7 Å². The highest BCUT2D eigenvalue weighted by molar-refractivity contribution is 6.06. The summed E-state index contributed by atoms with van der Waals surface area (Å²) in [6.45, 7) is 2.22. The van der Waals surface area contributed by atoms with Gasteiger partial charge in [0.25, 0.3) is 11.6 Å². The molecule has 0 radical (unpaired) electrons. The second-order valence-electron chi connectivity index (χ2n) is 10.7. The first-order valence-corrected chi connectivity index (χ1v) is 12.8. The molecule has 1 aromatic heterocycles. The van der Waals surface area contributed by atoms with Gasteiger partial charge in [-0.05, 0) is 87.5 Å². The number of para-hydroxylation sites is 1. The van der Waals surface area contributed by atoms with E-state index < -0.39 is 4.92 Å². The Kier molecular flexibility index (Phi) is 5.54. The smallest absolute Gasteiger partial charge is 0.296 e. The molecule has 0 unspecified atom stereocenters. The molecule has 0 saturated heterocycles. The van der Waals surface area contributed by atoms with Crippen molar-refractivity contribution in [3.63, 3.8) is 0 Å². The maximum absolute atomic E-state index is 13.7. The zero-order valence-corrected chi connectivity index (χ0v) is 20.4. The van der Waals surface area contributed by atoms with Crippen molar-refractivity contribution in [2.75, 3.05) is 11.9 Å². The topological polar surface area (TPSA) is 99.3 Å². The molecule has 36 heavy (non-hydrogen) atoms. The molecular weight excluding hydrogens is 456 g/mol. The number of nitrogens with one attached hydrogen (secondary N) is 1. The van der Waals surface area contributed by atoms with E-state index in [9.17, 15) is 14.9 Å². The standard InChI is InChI=1S/C28H30N4O4/c1-2-36-22-8-9-24(25(13-22)32(34)35)29-27(33)23-17-31(21-6-4-3-5-7-21)30-26(23)28-14-18-10-19(15-28)12-20(11-18)16-28/h3-9,13,17-20H,2,10-12,14-16H2,1H3,(H,29,33). The lowest BCUT2D eigenvalue weighted by molar-refractivity contribution is -0.384. The van der Waals surface area contributed by atoms with E-state index in [1.807, 2.05) is 37.3 Å². The second-order valence-corrected chi connectivity index (χ2v) is 10.7. The minimum absolute atomic E-state index is 0.105. The number of hydrogen-bond donors (Lipinski definition) is 1. The van der Waals surface area contributed by atoms with Crippen LogP contribution in [0.3, 0.4) is 0 Å². The Morgan fingerprint density at radius 2 is 1.78 bits per heavy atom. The van der Waals surface area contributed by atoms with Crippen LogP contribution in [0.25, 0.3) is 5.69 Å². The number of anilines is 1. The molecule has 2 aromatic carbocycles. The van der Waals surface area contributed by atoms with E-state index in [4.69, 9.17) is 9.84 Å². The summed E-state index contributed by atoms with van der Waals surface area (Å²) in [5.74, 6) is 2.12. The quantitative estimate of drug-likeness (QED) is 0.331. The molecule has 1 N–H and O–H groups in total. The Morgan fingerprint density at radius 3 is 2.39 bits per heavy atom. The molecular formula is C28H30N4O4. The lowest BCUT2D eigenvalue weighted by Crippen LogP contribution is -2.49. The maximum Gasteiger partial charge on any atom is 0.296 e. The maximum atomic E-state index is 13.7. The van der Waals surface area contributed by atoms with Gasteiger partial charge in [-0.2, -0.15) is 5.10 Å². The molecule has 0 atom stereocenters. The summed E-state index contributed by atoms with van der Waals surface area (Å²) < 4.78 is 7.21. The molecule has 4 aliphatic rings. The number of carbonyl (C=O) groups excluding carboxylic acids is 1. The summed E-state index contributed by atoms with van der Waals surface area (Å²) in [7, 11) is 0. The third kappa shape index (κ3) is 3.94. The van der Waals surface area contributed by atoms with E-state index in [2.05, 4.69) is 5.32 Å². The Balaban J connectivity index is 1.40. The number of carbonyl (C=O) groups is 1. The van der Waals surface area contributed by atoms with Crippen LogP contribution in [0.15, 0.2) is 54.7 Å². The van der Waals surface area contributed by atoms with Gasteiger partial charge < -0.3 is 10.1 Å². The molecule has 7 rings (SSSR count). The van der Waals surface area contributed by atoms with Gasteiger partial charge in [0, 0.05) is 11.6 Å². The summed E-state index contributed by atoms with van der Waals surface area (Å²) in [5.41, 5.74) is 2.08. The molecule has 0 aliphatic heterocycles. The van der Waals surface area contributed by atoms with Crippen molar-refractivity contribution >= 4 is 17.3 Å². The molecule has 1 amide bonds. The lowest BCUT2D eigenvalue weighted by Gasteiger charge is -2.56. The molecule has 186 valence electrons. The van der Waals surface area contributed by atoms with E-state index in [0.717, 1.165) is 30.6 Å². The van der Waals surface area contributed by atoms with Gasteiger partial charge in [0.1, 0.15) is 11.4 Å². The van der Waals surface area contributed by atoms with Gasteiger partial charge in [-0.3, -0.25) is 14.9 Å². The minimum atomic E-state index is -0.495. The number of amides is 1. The number of benzene rings is 2. The van der Waals surface area contributed by atoms with Crippen LogP contribution >= 0.6 is 0 Å². The Labute approximate surface area is 209 Å². The summed E-state index contributed by atoms with van der Waals surface area (Å²) in [6, 6.07) is 14.3. The van der Waals surface area contributed by atoms with Crippen LogP contribution in [-0.4, -0.2) is 27.2 Å². The molecule has 8 heteroatoms. The first-order valence-electron chi connectivity index (χ1n) is 12.8. The third-order valence-corrected chi connectivity index (χ3v) is 8.25. The largest absolute Gasteiger partial charge is 0.494 e. The number of nitro groups is 1. The van der Waals surface area contributed by atoms with E-state index in [1.165, 1.54) is 31.4 Å². The Hall–Kier alpha value is -3.68. The van der Waals surface area contributed by atoms with Crippen LogP contribution in [-0.2, 0) is 5.41 Å². The van der Waals surface area contributed by atoms with Crippen molar-refractivity contribution < 1.29 is 14.5 Å². The van der Waals surface area contributed by atoms with Gasteiger partial charge in [0.15, 0.2) is 0 Å². The summed E-state index contributed by atoms with van der Waals surface area (Å²) >= 11 is 0. The zero-order chi connectivity index (χ0) is 24.9. The summed E-state index contributed by atoms with van der Waals surface area (Å²) in [5, 5.41) is 19.6.